The van der Waals surface area contributed by atoms with Crippen LogP contribution in [0.5, 0.6) is 5.75 Å². The Hall–Kier alpha value is -1.22. The number of benzene rings is 1. The van der Waals surface area contributed by atoms with Crippen LogP contribution in [-0.4, -0.2) is 19.7 Å². The monoisotopic (exact) mass is 234 g/mol. The molecule has 3 heteroatoms. The molecule has 94 valence electrons. The van der Waals surface area contributed by atoms with Crippen molar-refractivity contribution in [3.63, 3.8) is 0 Å². The van der Waals surface area contributed by atoms with Gasteiger partial charge in [-0.1, -0.05) is 12.8 Å². The van der Waals surface area contributed by atoms with Crippen LogP contribution in [0.4, 0.5) is 5.69 Å². The standard InChI is InChI=1S/C14H22N2O/c15-9-10-16-13-5-7-14(8-6-13)17-11-12-3-1-2-4-12/h5-8,12,16H,1-4,9-11,15H2. The lowest BCUT2D eigenvalue weighted by Gasteiger charge is -2.12. The molecule has 0 heterocycles. The molecule has 3 nitrogen and oxygen atoms in total. The topological polar surface area (TPSA) is 47.3 Å². The highest BCUT2D eigenvalue weighted by molar-refractivity contribution is 5.46. The maximum Gasteiger partial charge on any atom is 0.119 e. The lowest BCUT2D eigenvalue weighted by molar-refractivity contribution is 0.252. The number of rotatable bonds is 6. The first-order valence-corrected chi connectivity index (χ1v) is 6.55. The van der Waals surface area contributed by atoms with Gasteiger partial charge in [0.15, 0.2) is 0 Å². The Morgan fingerprint density at radius 3 is 2.53 bits per heavy atom. The fraction of sp³-hybridized carbons (Fsp3) is 0.571. The zero-order chi connectivity index (χ0) is 11.9. The van der Waals surface area contributed by atoms with Gasteiger partial charge in [-0.15, -0.1) is 0 Å². The summed E-state index contributed by atoms with van der Waals surface area (Å²) in [6, 6.07) is 8.13. The molecule has 0 amide bonds. The third-order valence-corrected chi connectivity index (χ3v) is 3.29. The first-order chi connectivity index (χ1) is 8.38. The van der Waals surface area contributed by atoms with E-state index in [2.05, 4.69) is 5.32 Å². The van der Waals surface area contributed by atoms with Crippen molar-refractivity contribution in [1.82, 2.24) is 0 Å². The van der Waals surface area contributed by atoms with E-state index < -0.39 is 0 Å². The Labute approximate surface area is 103 Å². The molecule has 0 saturated heterocycles. The van der Waals surface area contributed by atoms with E-state index in [1.54, 1.807) is 0 Å². The number of hydrogen-bond acceptors (Lipinski definition) is 3. The van der Waals surface area contributed by atoms with Gasteiger partial charge in [0.05, 0.1) is 6.61 Å². The van der Waals surface area contributed by atoms with Crippen LogP contribution in [0.25, 0.3) is 0 Å². The lowest BCUT2D eigenvalue weighted by Crippen LogP contribution is -2.13. The largest absolute Gasteiger partial charge is 0.493 e. The van der Waals surface area contributed by atoms with E-state index >= 15 is 0 Å². The zero-order valence-electron chi connectivity index (χ0n) is 10.3. The predicted molar refractivity (Wildman–Crippen MR) is 71.4 cm³/mol. The van der Waals surface area contributed by atoms with Gasteiger partial charge >= 0.3 is 0 Å². The van der Waals surface area contributed by atoms with Gasteiger partial charge in [0.1, 0.15) is 5.75 Å². The van der Waals surface area contributed by atoms with Gasteiger partial charge in [-0.05, 0) is 43.0 Å². The van der Waals surface area contributed by atoms with E-state index in [0.717, 1.165) is 30.5 Å². The fourth-order valence-electron chi connectivity index (χ4n) is 2.28. The minimum Gasteiger partial charge on any atom is -0.493 e. The Bertz CT molecular complexity index is 317. The molecule has 17 heavy (non-hydrogen) atoms. The summed E-state index contributed by atoms with van der Waals surface area (Å²) >= 11 is 0. The molecule has 0 spiro atoms. The van der Waals surface area contributed by atoms with Crippen LogP contribution in [0.1, 0.15) is 25.7 Å². The van der Waals surface area contributed by atoms with E-state index in [9.17, 15) is 0 Å². The molecule has 0 bridgehead atoms. The van der Waals surface area contributed by atoms with E-state index in [1.807, 2.05) is 24.3 Å². The summed E-state index contributed by atoms with van der Waals surface area (Å²) in [6.07, 6.45) is 5.40. The second-order valence-corrected chi connectivity index (χ2v) is 4.70. The highest BCUT2D eigenvalue weighted by Gasteiger charge is 2.15. The van der Waals surface area contributed by atoms with Crippen molar-refractivity contribution in [3.05, 3.63) is 24.3 Å². The molecule has 0 atom stereocenters. The first kappa shape index (κ1) is 12.2. The molecular weight excluding hydrogens is 212 g/mol. The van der Waals surface area contributed by atoms with Gasteiger partial charge in [-0.3, -0.25) is 0 Å². The Kier molecular flexibility index (Phi) is 4.68. The van der Waals surface area contributed by atoms with Crippen LogP contribution in [0.15, 0.2) is 24.3 Å². The minimum absolute atomic E-state index is 0.653. The van der Waals surface area contributed by atoms with E-state index in [0.29, 0.717) is 6.54 Å². The maximum absolute atomic E-state index is 5.80. The van der Waals surface area contributed by atoms with Gasteiger partial charge < -0.3 is 15.8 Å². The second-order valence-electron chi connectivity index (χ2n) is 4.70. The molecule has 1 aliphatic rings. The van der Waals surface area contributed by atoms with Crippen molar-refractivity contribution in [2.24, 2.45) is 11.7 Å². The number of hydrogen-bond donors (Lipinski definition) is 2. The average Bonchev–Trinajstić information content (AvgIpc) is 2.88. The quantitative estimate of drug-likeness (QED) is 0.795. The number of anilines is 1. The second kappa shape index (κ2) is 6.50. The molecule has 1 aromatic carbocycles. The van der Waals surface area contributed by atoms with Crippen LogP contribution in [0.2, 0.25) is 0 Å². The zero-order valence-corrected chi connectivity index (χ0v) is 10.3. The van der Waals surface area contributed by atoms with Crippen LogP contribution >= 0.6 is 0 Å². The molecule has 1 aromatic rings. The van der Waals surface area contributed by atoms with Gasteiger partial charge in [0.25, 0.3) is 0 Å². The van der Waals surface area contributed by atoms with Gasteiger partial charge in [-0.25, -0.2) is 0 Å². The minimum atomic E-state index is 0.653. The summed E-state index contributed by atoms with van der Waals surface area (Å²) in [5, 5.41) is 3.24. The van der Waals surface area contributed by atoms with Crippen molar-refractivity contribution in [2.45, 2.75) is 25.7 Å². The summed E-state index contributed by atoms with van der Waals surface area (Å²) in [6.45, 7) is 2.33. The molecule has 0 radical (unpaired) electrons. The van der Waals surface area contributed by atoms with Gasteiger partial charge in [-0.2, -0.15) is 0 Å². The molecule has 3 N–H and O–H groups in total. The van der Waals surface area contributed by atoms with Crippen LogP contribution in [0.3, 0.4) is 0 Å². The smallest absolute Gasteiger partial charge is 0.119 e. The number of ether oxygens (including phenoxy) is 1. The molecular formula is C14H22N2O. The van der Waals surface area contributed by atoms with Gasteiger partial charge in [0.2, 0.25) is 0 Å². The summed E-state index contributed by atoms with van der Waals surface area (Å²) in [5.74, 6) is 1.74. The Morgan fingerprint density at radius 2 is 1.88 bits per heavy atom. The van der Waals surface area contributed by atoms with Crippen molar-refractivity contribution in [1.29, 1.82) is 0 Å². The summed E-state index contributed by atoms with van der Waals surface area (Å²) in [7, 11) is 0. The van der Waals surface area contributed by atoms with Gasteiger partial charge in [0, 0.05) is 18.8 Å². The summed E-state index contributed by atoms with van der Waals surface area (Å²) in [4.78, 5) is 0. The number of nitrogens with two attached hydrogens (primary N) is 1. The van der Waals surface area contributed by atoms with Crippen LogP contribution in [0, 0.1) is 5.92 Å². The molecule has 2 rings (SSSR count). The molecule has 1 saturated carbocycles. The molecule has 1 fully saturated rings. The normalized spacial score (nSPS) is 16.1. The Morgan fingerprint density at radius 1 is 1.18 bits per heavy atom. The van der Waals surface area contributed by atoms with Crippen molar-refractivity contribution < 1.29 is 4.74 Å². The third kappa shape index (κ3) is 3.93. The van der Waals surface area contributed by atoms with Crippen LogP contribution in [-0.2, 0) is 0 Å². The SMILES string of the molecule is NCCNc1ccc(OCC2CCCC2)cc1. The fourth-order valence-corrected chi connectivity index (χ4v) is 2.28. The maximum atomic E-state index is 5.80. The lowest BCUT2D eigenvalue weighted by atomic mass is 10.1. The molecule has 0 unspecified atom stereocenters. The molecule has 0 aromatic heterocycles. The summed E-state index contributed by atoms with van der Waals surface area (Å²) < 4.78 is 5.80. The first-order valence-electron chi connectivity index (χ1n) is 6.55. The van der Waals surface area contributed by atoms with Crippen LogP contribution < -0.4 is 15.8 Å². The van der Waals surface area contributed by atoms with E-state index in [-0.39, 0.29) is 0 Å². The highest BCUT2D eigenvalue weighted by Crippen LogP contribution is 2.25. The van der Waals surface area contributed by atoms with E-state index in [1.165, 1.54) is 25.7 Å². The van der Waals surface area contributed by atoms with E-state index in [4.69, 9.17) is 10.5 Å². The van der Waals surface area contributed by atoms with Crippen molar-refractivity contribution in [3.8, 4) is 5.75 Å². The summed E-state index contributed by atoms with van der Waals surface area (Å²) in [5.41, 5.74) is 6.54. The predicted octanol–water partition coefficient (Wildman–Crippen LogP) is 2.63. The number of nitrogens with one attached hydrogen (secondary N) is 1. The Balaban J connectivity index is 1.76. The third-order valence-electron chi connectivity index (χ3n) is 3.29. The highest BCUT2D eigenvalue weighted by atomic mass is 16.5. The van der Waals surface area contributed by atoms with Crippen molar-refractivity contribution in [2.75, 3.05) is 25.0 Å². The molecule has 1 aliphatic carbocycles. The average molecular weight is 234 g/mol. The van der Waals surface area contributed by atoms with Crippen molar-refractivity contribution >= 4 is 5.69 Å². The molecule has 0 aliphatic heterocycles.